The Morgan fingerprint density at radius 2 is 1.75 bits per heavy atom. The molecule has 0 spiro atoms. The molecule has 2 N–H and O–H groups in total. The van der Waals surface area contributed by atoms with E-state index in [2.05, 4.69) is 10.2 Å². The van der Waals surface area contributed by atoms with Crippen molar-refractivity contribution in [1.29, 1.82) is 0 Å². The molecule has 146 valence electrons. The normalized spacial score (nSPS) is 10.3. The highest BCUT2D eigenvalue weighted by Gasteiger charge is 2.08. The van der Waals surface area contributed by atoms with Gasteiger partial charge in [0.15, 0.2) is 17.3 Å². The standard InChI is InChI=1S/C20H18N2O4.C2H6/c1-25-16-7-3-13(4-8-16)17-12-15(21-22-17)6-9-18(23)14-5-10-20(26-2)19(24)11-14;1-2/h3-12,24H,1-2H3,(H,21,22);1-2H3/b9-6+;. The highest BCUT2D eigenvalue weighted by atomic mass is 16.5. The third kappa shape index (κ3) is 5.01. The summed E-state index contributed by atoms with van der Waals surface area (Å²) in [7, 11) is 3.07. The first kappa shape index (κ1) is 20.8. The number of phenolic OH excluding ortho intramolecular Hbond substituents is 1. The number of methoxy groups -OCH3 is 2. The molecule has 0 aliphatic carbocycles. The van der Waals surface area contributed by atoms with Gasteiger partial charge in [-0.1, -0.05) is 13.8 Å². The van der Waals surface area contributed by atoms with E-state index < -0.39 is 0 Å². The lowest BCUT2D eigenvalue weighted by Gasteiger charge is -2.03. The lowest BCUT2D eigenvalue weighted by atomic mass is 10.1. The van der Waals surface area contributed by atoms with E-state index >= 15 is 0 Å². The second-order valence-electron chi connectivity index (χ2n) is 5.52. The van der Waals surface area contributed by atoms with Crippen molar-refractivity contribution >= 4 is 11.9 Å². The molecule has 0 radical (unpaired) electrons. The molecule has 6 nitrogen and oxygen atoms in total. The van der Waals surface area contributed by atoms with Crippen molar-refractivity contribution in [2.45, 2.75) is 13.8 Å². The number of carbonyl (C=O) groups excluding carboxylic acids is 1. The van der Waals surface area contributed by atoms with Crippen LogP contribution in [0.3, 0.4) is 0 Å². The van der Waals surface area contributed by atoms with Gasteiger partial charge in [0, 0.05) is 11.1 Å². The van der Waals surface area contributed by atoms with Gasteiger partial charge in [0.25, 0.3) is 0 Å². The Morgan fingerprint density at radius 1 is 1.04 bits per heavy atom. The number of carbonyl (C=O) groups is 1. The maximum Gasteiger partial charge on any atom is 0.186 e. The molecule has 0 unspecified atom stereocenters. The molecule has 0 saturated heterocycles. The Morgan fingerprint density at radius 3 is 2.36 bits per heavy atom. The number of ketones is 1. The maximum absolute atomic E-state index is 12.2. The average Bonchev–Trinajstić information content (AvgIpc) is 3.22. The van der Waals surface area contributed by atoms with Gasteiger partial charge in [-0.25, -0.2) is 0 Å². The van der Waals surface area contributed by atoms with Gasteiger partial charge in [-0.05, 0) is 60.7 Å². The molecule has 1 aromatic heterocycles. The molecular formula is C22H24N2O4. The van der Waals surface area contributed by atoms with Crippen molar-refractivity contribution in [2.75, 3.05) is 14.2 Å². The van der Waals surface area contributed by atoms with Crippen LogP contribution >= 0.6 is 0 Å². The number of rotatable bonds is 6. The molecule has 0 fully saturated rings. The molecule has 6 heteroatoms. The number of allylic oxidation sites excluding steroid dienone is 1. The van der Waals surface area contributed by atoms with Crippen molar-refractivity contribution in [2.24, 2.45) is 0 Å². The number of aromatic nitrogens is 2. The fraction of sp³-hybridized carbons (Fsp3) is 0.182. The Labute approximate surface area is 164 Å². The van der Waals surface area contributed by atoms with Gasteiger partial charge in [0.1, 0.15) is 5.75 Å². The van der Waals surface area contributed by atoms with Gasteiger partial charge in [-0.3, -0.25) is 9.89 Å². The summed E-state index contributed by atoms with van der Waals surface area (Å²) >= 11 is 0. The number of phenols is 1. The lowest BCUT2D eigenvalue weighted by Crippen LogP contribution is -1.94. The molecule has 28 heavy (non-hydrogen) atoms. The molecule has 0 amide bonds. The van der Waals surface area contributed by atoms with Crippen LogP contribution in [-0.2, 0) is 0 Å². The van der Waals surface area contributed by atoms with E-state index in [0.717, 1.165) is 17.0 Å². The van der Waals surface area contributed by atoms with E-state index in [4.69, 9.17) is 9.47 Å². The predicted octanol–water partition coefficient (Wildman–Crippen LogP) is 4.72. The summed E-state index contributed by atoms with van der Waals surface area (Å²) in [4.78, 5) is 12.2. The monoisotopic (exact) mass is 380 g/mol. The van der Waals surface area contributed by atoms with Gasteiger partial charge in [0.2, 0.25) is 0 Å². The minimum Gasteiger partial charge on any atom is -0.504 e. The van der Waals surface area contributed by atoms with Crippen LogP contribution in [0, 0.1) is 0 Å². The molecule has 0 atom stereocenters. The Kier molecular flexibility index (Phi) is 7.39. The number of hydrogen-bond acceptors (Lipinski definition) is 5. The molecule has 2 aromatic carbocycles. The van der Waals surface area contributed by atoms with Crippen LogP contribution in [0.5, 0.6) is 17.2 Å². The zero-order chi connectivity index (χ0) is 20.5. The number of aromatic hydroxyl groups is 1. The summed E-state index contributed by atoms with van der Waals surface area (Å²) in [6, 6.07) is 13.9. The van der Waals surface area contributed by atoms with Crippen LogP contribution in [0.2, 0.25) is 0 Å². The summed E-state index contributed by atoms with van der Waals surface area (Å²) in [6.07, 6.45) is 3.07. The number of benzene rings is 2. The van der Waals surface area contributed by atoms with Crippen LogP contribution in [-0.4, -0.2) is 35.3 Å². The van der Waals surface area contributed by atoms with Crippen LogP contribution in [0.1, 0.15) is 29.9 Å². The van der Waals surface area contributed by atoms with Gasteiger partial charge in [-0.15, -0.1) is 0 Å². The van der Waals surface area contributed by atoms with Gasteiger partial charge in [0.05, 0.1) is 25.6 Å². The third-order valence-electron chi connectivity index (χ3n) is 3.86. The smallest absolute Gasteiger partial charge is 0.186 e. The van der Waals surface area contributed by atoms with Crippen molar-refractivity contribution in [3.8, 4) is 28.5 Å². The summed E-state index contributed by atoms with van der Waals surface area (Å²) in [5.41, 5.74) is 2.77. The van der Waals surface area contributed by atoms with E-state index in [-0.39, 0.29) is 11.5 Å². The molecular weight excluding hydrogens is 356 g/mol. The fourth-order valence-electron chi connectivity index (χ4n) is 2.44. The summed E-state index contributed by atoms with van der Waals surface area (Å²) < 4.78 is 10.1. The van der Waals surface area contributed by atoms with Crippen LogP contribution in [0.25, 0.3) is 17.3 Å². The maximum atomic E-state index is 12.2. The SMILES string of the molecule is CC.COc1ccc(-c2cc(/C=C/C(=O)c3ccc(OC)c(O)c3)[nH]n2)cc1. The number of ether oxygens (including phenoxy) is 2. The largest absolute Gasteiger partial charge is 0.504 e. The summed E-state index contributed by atoms with van der Waals surface area (Å²) in [5.74, 6) is 0.791. The predicted molar refractivity (Wildman–Crippen MR) is 110 cm³/mol. The zero-order valence-corrected chi connectivity index (χ0v) is 16.4. The second kappa shape index (κ2) is 9.97. The van der Waals surface area contributed by atoms with Gasteiger partial charge < -0.3 is 14.6 Å². The lowest BCUT2D eigenvalue weighted by molar-refractivity contribution is 0.104. The van der Waals surface area contributed by atoms with Crippen molar-refractivity contribution in [1.82, 2.24) is 10.2 Å². The summed E-state index contributed by atoms with van der Waals surface area (Å²) in [5, 5.41) is 16.9. The van der Waals surface area contributed by atoms with Gasteiger partial charge in [-0.2, -0.15) is 5.10 Å². The van der Waals surface area contributed by atoms with Gasteiger partial charge >= 0.3 is 0 Å². The molecule has 3 aromatic rings. The average molecular weight is 380 g/mol. The van der Waals surface area contributed by atoms with Crippen molar-refractivity contribution in [3.63, 3.8) is 0 Å². The van der Waals surface area contributed by atoms with E-state index in [1.54, 1.807) is 25.3 Å². The highest BCUT2D eigenvalue weighted by Crippen LogP contribution is 2.26. The van der Waals surface area contributed by atoms with Crippen molar-refractivity contribution < 1.29 is 19.4 Å². The summed E-state index contributed by atoms with van der Waals surface area (Å²) in [6.45, 7) is 4.00. The quantitative estimate of drug-likeness (QED) is 0.477. The van der Waals surface area contributed by atoms with E-state index in [1.165, 1.54) is 19.3 Å². The number of aromatic amines is 1. The highest BCUT2D eigenvalue weighted by molar-refractivity contribution is 6.07. The minimum absolute atomic E-state index is 0.0740. The third-order valence-corrected chi connectivity index (χ3v) is 3.86. The number of nitrogens with one attached hydrogen (secondary N) is 1. The fourth-order valence-corrected chi connectivity index (χ4v) is 2.44. The number of nitrogens with zero attached hydrogens (tertiary/aromatic N) is 1. The topological polar surface area (TPSA) is 84.4 Å². The Bertz CT molecular complexity index is 943. The number of hydrogen-bond donors (Lipinski definition) is 2. The molecule has 3 rings (SSSR count). The molecule has 0 aliphatic heterocycles. The minimum atomic E-state index is -0.233. The van der Waals surface area contributed by atoms with E-state index in [0.29, 0.717) is 17.0 Å². The van der Waals surface area contributed by atoms with Crippen LogP contribution < -0.4 is 9.47 Å². The first-order valence-electron chi connectivity index (χ1n) is 8.90. The first-order chi connectivity index (χ1) is 13.6. The second-order valence-corrected chi connectivity index (χ2v) is 5.52. The van der Waals surface area contributed by atoms with E-state index in [9.17, 15) is 9.90 Å². The molecule has 0 bridgehead atoms. The molecule has 0 aliphatic rings. The zero-order valence-electron chi connectivity index (χ0n) is 16.4. The Balaban J connectivity index is 0.00000136. The number of H-pyrrole nitrogens is 1. The van der Waals surface area contributed by atoms with Crippen molar-refractivity contribution in [3.05, 3.63) is 65.9 Å². The molecule has 1 heterocycles. The molecule has 0 saturated carbocycles. The Hall–Kier alpha value is -3.54. The van der Waals surface area contributed by atoms with Crippen LogP contribution in [0.4, 0.5) is 0 Å². The van der Waals surface area contributed by atoms with Crippen LogP contribution in [0.15, 0.2) is 54.6 Å². The van der Waals surface area contributed by atoms with E-state index in [1.807, 2.05) is 44.2 Å². The first-order valence-corrected chi connectivity index (χ1v) is 8.90.